The molecule has 0 saturated heterocycles. The number of carbonyl (C=O) groups excluding carboxylic acids is 3. The fourth-order valence-electron chi connectivity index (χ4n) is 4.45. The van der Waals surface area contributed by atoms with Crippen LogP contribution in [0.1, 0.15) is 76.6 Å². The van der Waals surface area contributed by atoms with Crippen LogP contribution in [0, 0.1) is 23.7 Å². The molecule has 0 spiro atoms. The smallest absolute Gasteiger partial charge is 0.255 e. The Hall–Kier alpha value is -2.40. The summed E-state index contributed by atoms with van der Waals surface area (Å²) in [5, 5.41) is 16.8. The van der Waals surface area contributed by atoms with E-state index in [-0.39, 0.29) is 54.8 Å². The first-order valence-corrected chi connectivity index (χ1v) is 14.5. The average molecular weight is 601 g/mol. The predicted octanol–water partition coefficient (Wildman–Crippen LogP) is 3.04. The third kappa shape index (κ3) is 15.4. The molecule has 7 N–H and O–H groups in total. The molecule has 0 aromatic heterocycles. The third-order valence-corrected chi connectivity index (χ3v) is 7.20. The zero-order valence-corrected chi connectivity index (χ0v) is 26.2. The Kier molecular flexibility index (Phi) is 20.1. The van der Waals surface area contributed by atoms with Gasteiger partial charge in [0.05, 0.1) is 18.3 Å². The molecule has 1 aromatic rings. The van der Waals surface area contributed by atoms with Crippen molar-refractivity contribution < 1.29 is 29.0 Å². The van der Waals surface area contributed by atoms with Crippen molar-refractivity contribution in [2.45, 2.75) is 78.4 Å². The Morgan fingerprint density at radius 3 is 2.22 bits per heavy atom. The third-order valence-electron chi connectivity index (χ3n) is 7.20. The first-order chi connectivity index (χ1) is 19.0. The lowest BCUT2D eigenvalue weighted by molar-refractivity contribution is -0.128. The summed E-state index contributed by atoms with van der Waals surface area (Å²) in [6.07, 6.45) is 2.23. The molecule has 10 nitrogen and oxygen atoms in total. The Morgan fingerprint density at radius 1 is 0.951 bits per heavy atom. The summed E-state index contributed by atoms with van der Waals surface area (Å²) < 4.78 is 10.9. The zero-order valence-electron chi connectivity index (χ0n) is 25.4. The number of benzene rings is 1. The van der Waals surface area contributed by atoms with E-state index in [2.05, 4.69) is 24.5 Å². The van der Waals surface area contributed by atoms with Crippen LogP contribution >= 0.6 is 12.4 Å². The fourth-order valence-corrected chi connectivity index (χ4v) is 4.45. The van der Waals surface area contributed by atoms with Crippen LogP contribution in [0.5, 0.6) is 5.75 Å². The molecular weight excluding hydrogens is 548 g/mol. The Morgan fingerprint density at radius 2 is 1.61 bits per heavy atom. The molecule has 1 rings (SSSR count). The van der Waals surface area contributed by atoms with Gasteiger partial charge in [0.25, 0.3) is 5.91 Å². The van der Waals surface area contributed by atoms with E-state index in [1.54, 1.807) is 25.3 Å². The van der Waals surface area contributed by atoms with Crippen molar-refractivity contribution in [1.29, 1.82) is 0 Å². The number of rotatable bonds is 21. The van der Waals surface area contributed by atoms with Crippen molar-refractivity contribution in [3.8, 4) is 5.75 Å². The lowest BCUT2D eigenvalue weighted by atomic mass is 9.83. The SMILES string of the molecule is COCCCCOc1ccccc1C(=O)NCC(CC(N)C(O)CC(C(=O)NCCCC(N)=O)C(C)C)C(C)C.Cl. The topological polar surface area (TPSA) is 166 Å². The molecule has 0 fully saturated rings. The van der Waals surface area contributed by atoms with E-state index in [1.807, 2.05) is 19.9 Å². The second-order valence-corrected chi connectivity index (χ2v) is 11.2. The molecule has 4 unspecified atom stereocenters. The van der Waals surface area contributed by atoms with Crippen molar-refractivity contribution in [2.75, 3.05) is 33.4 Å². The number of halogens is 1. The number of methoxy groups -OCH3 is 1. The number of ether oxygens (including phenoxy) is 2. The Bertz CT molecular complexity index is 901. The monoisotopic (exact) mass is 600 g/mol. The van der Waals surface area contributed by atoms with Crippen LogP contribution in [0.15, 0.2) is 24.3 Å². The standard InChI is InChI=1S/C30H52N4O6.ClH/c1-20(2)22(19-34-29(37)23-11-6-7-12-27(23)40-16-9-8-15-39-5)17-25(31)26(35)18-24(21(3)4)30(38)33-14-10-13-28(32)36;/h6-7,11-12,20-22,24-26,35H,8-10,13-19,31H2,1-5H3,(H2,32,36)(H,33,38)(H,34,37);1H. The van der Waals surface area contributed by atoms with Gasteiger partial charge in [0.15, 0.2) is 0 Å². The van der Waals surface area contributed by atoms with Crippen molar-refractivity contribution in [2.24, 2.45) is 35.1 Å². The highest BCUT2D eigenvalue weighted by Gasteiger charge is 2.29. The number of amides is 3. The minimum atomic E-state index is -0.882. The summed E-state index contributed by atoms with van der Waals surface area (Å²) in [7, 11) is 1.66. The van der Waals surface area contributed by atoms with E-state index in [0.29, 0.717) is 50.5 Å². The van der Waals surface area contributed by atoms with E-state index < -0.39 is 24.0 Å². The minimum Gasteiger partial charge on any atom is -0.493 e. The number of nitrogens with one attached hydrogen (secondary N) is 2. The fraction of sp³-hybridized carbons (Fsp3) is 0.700. The molecule has 236 valence electrons. The maximum atomic E-state index is 13.0. The summed E-state index contributed by atoms with van der Waals surface area (Å²) in [4.78, 5) is 36.7. The summed E-state index contributed by atoms with van der Waals surface area (Å²) >= 11 is 0. The van der Waals surface area contributed by atoms with E-state index >= 15 is 0 Å². The van der Waals surface area contributed by atoms with Gasteiger partial charge in [0.2, 0.25) is 11.8 Å². The number of aliphatic hydroxyl groups excluding tert-OH is 1. The molecule has 3 amide bonds. The van der Waals surface area contributed by atoms with Crippen LogP contribution in [0.4, 0.5) is 0 Å². The van der Waals surface area contributed by atoms with Crippen LogP contribution in [0.25, 0.3) is 0 Å². The predicted molar refractivity (Wildman–Crippen MR) is 164 cm³/mol. The molecule has 4 atom stereocenters. The van der Waals surface area contributed by atoms with Gasteiger partial charge in [-0.05, 0) is 62.0 Å². The van der Waals surface area contributed by atoms with Gasteiger partial charge in [0.1, 0.15) is 5.75 Å². The molecule has 0 heterocycles. The molecule has 0 radical (unpaired) electrons. The number of carbonyl (C=O) groups is 3. The molecule has 1 aromatic carbocycles. The molecule has 0 aliphatic rings. The number of para-hydroxylation sites is 1. The molecule has 0 saturated carbocycles. The normalized spacial score (nSPS) is 14.1. The average Bonchev–Trinajstić information content (AvgIpc) is 2.91. The lowest BCUT2D eigenvalue weighted by Crippen LogP contribution is -2.44. The highest BCUT2D eigenvalue weighted by Crippen LogP contribution is 2.24. The van der Waals surface area contributed by atoms with Crippen LogP contribution in [0.3, 0.4) is 0 Å². The van der Waals surface area contributed by atoms with E-state index in [9.17, 15) is 19.5 Å². The van der Waals surface area contributed by atoms with Crippen molar-refractivity contribution in [3.63, 3.8) is 0 Å². The highest BCUT2D eigenvalue weighted by atomic mass is 35.5. The first kappa shape index (κ1) is 38.6. The van der Waals surface area contributed by atoms with Gasteiger partial charge < -0.3 is 36.7 Å². The van der Waals surface area contributed by atoms with Gasteiger partial charge in [0, 0.05) is 45.2 Å². The number of aliphatic hydroxyl groups is 1. The molecule has 41 heavy (non-hydrogen) atoms. The maximum Gasteiger partial charge on any atom is 0.255 e. The minimum absolute atomic E-state index is 0. The van der Waals surface area contributed by atoms with Crippen LogP contribution in [-0.4, -0.2) is 68.4 Å². The van der Waals surface area contributed by atoms with Gasteiger partial charge in [-0.3, -0.25) is 14.4 Å². The summed E-state index contributed by atoms with van der Waals surface area (Å²) in [5.41, 5.74) is 12.0. The van der Waals surface area contributed by atoms with Gasteiger partial charge in [-0.1, -0.05) is 39.8 Å². The van der Waals surface area contributed by atoms with Gasteiger partial charge in [-0.25, -0.2) is 0 Å². The lowest BCUT2D eigenvalue weighted by Gasteiger charge is -2.30. The molecule has 0 aliphatic carbocycles. The second-order valence-electron chi connectivity index (χ2n) is 11.2. The summed E-state index contributed by atoms with van der Waals surface area (Å²) in [6, 6.07) is 6.61. The maximum absolute atomic E-state index is 13.0. The number of hydrogen-bond donors (Lipinski definition) is 5. The number of primary amides is 1. The Balaban J connectivity index is 0.0000160. The number of unbranched alkanes of at least 4 members (excludes halogenated alkanes) is 1. The molecule has 0 bridgehead atoms. The largest absolute Gasteiger partial charge is 0.493 e. The zero-order chi connectivity index (χ0) is 30.1. The number of hydrogen-bond acceptors (Lipinski definition) is 7. The van der Waals surface area contributed by atoms with Crippen LogP contribution in [-0.2, 0) is 14.3 Å². The van der Waals surface area contributed by atoms with E-state index in [1.165, 1.54) is 0 Å². The van der Waals surface area contributed by atoms with Gasteiger partial charge in [-0.2, -0.15) is 0 Å². The second kappa shape index (κ2) is 21.3. The first-order valence-electron chi connectivity index (χ1n) is 14.5. The summed E-state index contributed by atoms with van der Waals surface area (Å²) in [5.74, 6) is -0.441. The van der Waals surface area contributed by atoms with Crippen LogP contribution < -0.4 is 26.8 Å². The van der Waals surface area contributed by atoms with Crippen LogP contribution in [0.2, 0.25) is 0 Å². The van der Waals surface area contributed by atoms with Crippen molar-refractivity contribution in [1.82, 2.24) is 10.6 Å². The molecule has 0 aliphatic heterocycles. The van der Waals surface area contributed by atoms with Crippen molar-refractivity contribution in [3.05, 3.63) is 29.8 Å². The van der Waals surface area contributed by atoms with Crippen molar-refractivity contribution >= 4 is 30.1 Å². The quantitative estimate of drug-likeness (QED) is 0.135. The van der Waals surface area contributed by atoms with E-state index in [0.717, 1.165) is 12.8 Å². The Labute approximate surface area is 252 Å². The number of nitrogens with two attached hydrogens (primary N) is 2. The van der Waals surface area contributed by atoms with Gasteiger partial charge >= 0.3 is 0 Å². The van der Waals surface area contributed by atoms with Gasteiger partial charge in [-0.15, -0.1) is 12.4 Å². The molecular formula is C30H53ClN4O6. The molecule has 11 heteroatoms. The highest BCUT2D eigenvalue weighted by molar-refractivity contribution is 5.96. The van der Waals surface area contributed by atoms with E-state index in [4.69, 9.17) is 20.9 Å². The summed E-state index contributed by atoms with van der Waals surface area (Å²) in [6.45, 7) is 9.89.